The lowest BCUT2D eigenvalue weighted by molar-refractivity contribution is 0.217. The summed E-state index contributed by atoms with van der Waals surface area (Å²) in [6.07, 6.45) is 5.44. The van der Waals surface area contributed by atoms with Crippen LogP contribution in [-0.2, 0) is 12.8 Å². The summed E-state index contributed by atoms with van der Waals surface area (Å²) in [5.41, 5.74) is 14.5. The van der Waals surface area contributed by atoms with E-state index in [1.807, 2.05) is 0 Å². The second-order valence-corrected chi connectivity index (χ2v) is 20.4. The van der Waals surface area contributed by atoms with E-state index in [1.165, 1.54) is 98.0 Å². The van der Waals surface area contributed by atoms with Gasteiger partial charge in [0.1, 0.15) is 5.75 Å². The molecule has 3 nitrogen and oxygen atoms in total. The van der Waals surface area contributed by atoms with Crippen LogP contribution in [0.4, 0.5) is 34.1 Å². The number of anilines is 6. The Bertz CT molecular complexity index is 4030. The van der Waals surface area contributed by atoms with Crippen molar-refractivity contribution in [1.82, 2.24) is 0 Å². The van der Waals surface area contributed by atoms with Gasteiger partial charge in [0.2, 0.25) is 0 Å². The van der Waals surface area contributed by atoms with Crippen molar-refractivity contribution in [3.05, 3.63) is 236 Å². The Kier molecular flexibility index (Phi) is 11.9. The summed E-state index contributed by atoms with van der Waals surface area (Å²) in [4.78, 5) is 4.89. The van der Waals surface area contributed by atoms with Crippen LogP contribution in [0.3, 0.4) is 0 Å². The van der Waals surface area contributed by atoms with E-state index in [0.29, 0.717) is 0 Å². The van der Waals surface area contributed by atoms with Gasteiger partial charge in [0.05, 0.1) is 17.5 Å². The van der Waals surface area contributed by atoms with Crippen LogP contribution in [0.1, 0.15) is 58.1 Å². The molecule has 0 spiro atoms. The SMILES string of the molecule is CCCc1ccc(N(c2ccccc2)c2ccc3c4c(-c5ccccc5)c5c6ccc(N(c7ccc(CCC)cc7)c7ccc(OC(C)CC)cc7)c7cccc(c5c(-c5ccccc5)c4c4cccc2c43)c76)cc1. The maximum Gasteiger partial charge on any atom is 0.119 e. The second-order valence-electron chi connectivity index (χ2n) is 20.4. The molecule has 0 aliphatic heterocycles. The summed E-state index contributed by atoms with van der Waals surface area (Å²) in [6, 6.07) is 83.9. The van der Waals surface area contributed by atoms with Crippen molar-refractivity contribution < 1.29 is 4.74 Å². The summed E-state index contributed by atoms with van der Waals surface area (Å²) >= 11 is 0. The van der Waals surface area contributed by atoms with Crippen molar-refractivity contribution in [1.29, 1.82) is 0 Å². The highest BCUT2D eigenvalue weighted by Crippen LogP contribution is 2.57. The number of ether oxygens (including phenoxy) is 1. The lowest BCUT2D eigenvalue weighted by Gasteiger charge is -2.27. The highest BCUT2D eigenvalue weighted by Gasteiger charge is 2.30. The summed E-state index contributed by atoms with van der Waals surface area (Å²) in [7, 11) is 0. The zero-order valence-electron chi connectivity index (χ0n) is 43.3. The average molecular weight is 969 g/mol. The molecule has 3 heteroatoms. The van der Waals surface area contributed by atoms with E-state index in [2.05, 4.69) is 262 Å². The number of aryl methyl sites for hydroxylation is 2. The Hall–Kier alpha value is -8.66. The zero-order chi connectivity index (χ0) is 50.6. The number of hydrogen-bond acceptors (Lipinski definition) is 3. The molecule has 364 valence electrons. The van der Waals surface area contributed by atoms with Gasteiger partial charge in [0.15, 0.2) is 0 Å². The van der Waals surface area contributed by atoms with Gasteiger partial charge in [-0.2, -0.15) is 0 Å². The zero-order valence-corrected chi connectivity index (χ0v) is 43.3. The van der Waals surface area contributed by atoms with Gasteiger partial charge < -0.3 is 14.5 Å². The first-order chi connectivity index (χ1) is 37.0. The Labute approximate surface area is 440 Å². The van der Waals surface area contributed by atoms with Crippen LogP contribution < -0.4 is 14.5 Å². The van der Waals surface area contributed by atoms with E-state index in [1.54, 1.807) is 0 Å². The third kappa shape index (κ3) is 7.80. The highest BCUT2D eigenvalue weighted by molar-refractivity contribution is 6.47. The van der Waals surface area contributed by atoms with E-state index in [9.17, 15) is 0 Å². The topological polar surface area (TPSA) is 15.7 Å². The minimum absolute atomic E-state index is 0.140. The molecule has 0 fully saturated rings. The van der Waals surface area contributed by atoms with Crippen molar-refractivity contribution in [3.8, 4) is 28.0 Å². The molecule has 0 radical (unpaired) electrons. The van der Waals surface area contributed by atoms with Crippen LogP contribution in [0, 0.1) is 0 Å². The molecule has 0 saturated heterocycles. The Morgan fingerprint density at radius 2 is 0.693 bits per heavy atom. The first kappa shape index (κ1) is 46.1. The number of benzene rings is 11. The Balaban J connectivity index is 1.13. The van der Waals surface area contributed by atoms with Gasteiger partial charge in [-0.1, -0.05) is 185 Å². The fourth-order valence-corrected chi connectivity index (χ4v) is 12.2. The number of hydrogen-bond donors (Lipinski definition) is 0. The van der Waals surface area contributed by atoms with E-state index in [-0.39, 0.29) is 6.10 Å². The van der Waals surface area contributed by atoms with Gasteiger partial charge in [-0.25, -0.2) is 0 Å². The molecule has 13 rings (SSSR count). The molecule has 0 amide bonds. The Morgan fingerprint density at radius 3 is 1.09 bits per heavy atom. The molecule has 0 aliphatic rings. The fourth-order valence-electron chi connectivity index (χ4n) is 12.2. The number of fused-ring (bicyclic) bond motifs is 6. The maximum atomic E-state index is 6.31. The predicted octanol–water partition coefficient (Wildman–Crippen LogP) is 20.8. The van der Waals surface area contributed by atoms with Crippen molar-refractivity contribution in [2.45, 2.75) is 65.9 Å². The number of rotatable bonds is 15. The van der Waals surface area contributed by atoms with Crippen LogP contribution >= 0.6 is 0 Å². The molecule has 0 N–H and O–H groups in total. The summed E-state index contributed by atoms with van der Waals surface area (Å²) in [5, 5.41) is 15.3. The predicted molar refractivity (Wildman–Crippen MR) is 322 cm³/mol. The third-order valence-electron chi connectivity index (χ3n) is 15.7. The Morgan fingerprint density at radius 1 is 0.333 bits per heavy atom. The molecule has 0 aliphatic carbocycles. The van der Waals surface area contributed by atoms with E-state index in [0.717, 1.165) is 72.0 Å². The molecule has 0 heterocycles. The van der Waals surface area contributed by atoms with Crippen LogP contribution in [-0.4, -0.2) is 6.10 Å². The third-order valence-corrected chi connectivity index (χ3v) is 15.7. The lowest BCUT2D eigenvalue weighted by atomic mass is 9.87. The minimum atomic E-state index is 0.140. The van der Waals surface area contributed by atoms with Gasteiger partial charge in [0, 0.05) is 33.5 Å². The number of para-hydroxylation sites is 1. The van der Waals surface area contributed by atoms with E-state index >= 15 is 0 Å². The highest BCUT2D eigenvalue weighted by atomic mass is 16.5. The fraction of sp³-hybridized carbons (Fsp3) is 0.139. The van der Waals surface area contributed by atoms with E-state index < -0.39 is 0 Å². The molecule has 0 bridgehead atoms. The number of nitrogens with zero attached hydrogens (tertiary/aromatic N) is 2. The minimum Gasteiger partial charge on any atom is -0.491 e. The quantitative estimate of drug-likeness (QED) is 0.102. The van der Waals surface area contributed by atoms with Crippen molar-refractivity contribution >= 4 is 98.8 Å². The molecule has 0 saturated carbocycles. The smallest absolute Gasteiger partial charge is 0.119 e. The molecule has 13 aromatic rings. The molecule has 1 unspecified atom stereocenters. The van der Waals surface area contributed by atoms with Crippen LogP contribution in [0.5, 0.6) is 5.75 Å². The summed E-state index contributed by atoms with van der Waals surface area (Å²) in [5.74, 6) is 0.885. The summed E-state index contributed by atoms with van der Waals surface area (Å²) in [6.45, 7) is 8.80. The maximum absolute atomic E-state index is 6.31. The van der Waals surface area contributed by atoms with Crippen molar-refractivity contribution in [3.63, 3.8) is 0 Å². The molecular weight excluding hydrogens is 909 g/mol. The van der Waals surface area contributed by atoms with Crippen LogP contribution in [0.2, 0.25) is 0 Å². The van der Waals surface area contributed by atoms with Gasteiger partial charge in [-0.05, 0) is 186 Å². The molecule has 13 aromatic carbocycles. The van der Waals surface area contributed by atoms with Gasteiger partial charge >= 0.3 is 0 Å². The van der Waals surface area contributed by atoms with Gasteiger partial charge in [0.25, 0.3) is 0 Å². The second kappa shape index (κ2) is 19.3. The first-order valence-corrected chi connectivity index (χ1v) is 27.1. The monoisotopic (exact) mass is 968 g/mol. The largest absolute Gasteiger partial charge is 0.491 e. The molecule has 0 aromatic heterocycles. The standard InChI is InChI=1S/C72H60N2O/c1-5-19-48-31-35-53(36-32-48)73(52-25-15-10-16-26-52)63-45-43-61-67-57(63)27-17-29-59(67)69-65(50-21-11-8-12-22-50)70-60-30-18-28-58-64(46-44-62(68(58)60)72(70)66(71(61)69)51-23-13-9-14-24-51)74(54-37-33-49(20-6-2)34-38-54)55-39-41-56(42-40-55)75-47(4)7-3/h8-18,21-47H,5-7,19-20H2,1-4H3. The average Bonchev–Trinajstić information content (AvgIpc) is 4.03. The molecule has 1 atom stereocenters. The lowest BCUT2D eigenvalue weighted by Crippen LogP contribution is -2.12. The van der Waals surface area contributed by atoms with E-state index in [4.69, 9.17) is 4.74 Å². The van der Waals surface area contributed by atoms with Gasteiger partial charge in [-0.3, -0.25) is 0 Å². The molecule has 75 heavy (non-hydrogen) atoms. The molecular formula is C72H60N2O. The van der Waals surface area contributed by atoms with Gasteiger partial charge in [-0.15, -0.1) is 0 Å². The summed E-state index contributed by atoms with van der Waals surface area (Å²) < 4.78 is 6.31. The van der Waals surface area contributed by atoms with Crippen LogP contribution in [0.15, 0.2) is 224 Å². The first-order valence-electron chi connectivity index (χ1n) is 27.1. The van der Waals surface area contributed by atoms with Crippen LogP contribution in [0.25, 0.3) is 86.9 Å². The van der Waals surface area contributed by atoms with Crippen molar-refractivity contribution in [2.24, 2.45) is 0 Å². The normalized spacial score (nSPS) is 12.2. The van der Waals surface area contributed by atoms with Crippen molar-refractivity contribution in [2.75, 3.05) is 9.80 Å².